The van der Waals surface area contributed by atoms with Crippen molar-refractivity contribution in [1.82, 2.24) is 10.3 Å². The van der Waals surface area contributed by atoms with Crippen molar-refractivity contribution in [3.05, 3.63) is 40.2 Å². The maximum atomic E-state index is 11.9. The lowest BCUT2D eigenvalue weighted by atomic mass is 10.1. The third kappa shape index (κ3) is 6.94. The molecule has 0 saturated heterocycles. The van der Waals surface area contributed by atoms with Crippen molar-refractivity contribution in [3.63, 3.8) is 0 Å². The number of H-pyrrole nitrogens is 1. The van der Waals surface area contributed by atoms with Crippen LogP contribution in [0.5, 0.6) is 5.75 Å². The normalized spacial score (nSPS) is 11.2. The summed E-state index contributed by atoms with van der Waals surface area (Å²) in [5, 5.41) is 12.3. The van der Waals surface area contributed by atoms with E-state index in [0.29, 0.717) is 24.4 Å². The number of unbranched alkanes of at least 4 members (excludes halogenated alkanes) is 1. The zero-order chi connectivity index (χ0) is 20.7. The Morgan fingerprint density at radius 3 is 2.61 bits per heavy atom. The van der Waals surface area contributed by atoms with E-state index in [1.54, 1.807) is 24.3 Å². The van der Waals surface area contributed by atoms with E-state index in [2.05, 4.69) is 10.3 Å². The van der Waals surface area contributed by atoms with Crippen molar-refractivity contribution in [1.29, 1.82) is 0 Å². The lowest BCUT2D eigenvalue weighted by molar-refractivity contribution is -0.136. The molecular formula is C20H26N2O6. The second kappa shape index (κ2) is 9.25. The Morgan fingerprint density at radius 1 is 1.18 bits per heavy atom. The van der Waals surface area contributed by atoms with Gasteiger partial charge in [0.05, 0.1) is 18.5 Å². The first-order valence-electron chi connectivity index (χ1n) is 9.11. The molecule has 1 aromatic heterocycles. The summed E-state index contributed by atoms with van der Waals surface area (Å²) in [4.78, 5) is 37.0. The predicted octanol–water partition coefficient (Wildman–Crippen LogP) is 2.84. The first-order valence-corrected chi connectivity index (χ1v) is 9.11. The summed E-state index contributed by atoms with van der Waals surface area (Å²) in [6.07, 6.45) is 0.722. The number of carbonyl (C=O) groups is 2. The average Bonchev–Trinajstić information content (AvgIpc) is 2.56. The van der Waals surface area contributed by atoms with Crippen LogP contribution in [0, 0.1) is 0 Å². The number of carbonyl (C=O) groups excluding carboxylic acids is 1. The van der Waals surface area contributed by atoms with Gasteiger partial charge in [0.25, 0.3) is 5.56 Å². The number of benzene rings is 1. The van der Waals surface area contributed by atoms with Crippen molar-refractivity contribution < 1.29 is 24.2 Å². The van der Waals surface area contributed by atoms with Gasteiger partial charge in [-0.15, -0.1) is 0 Å². The number of aromatic nitrogens is 1. The molecule has 0 unspecified atom stereocenters. The van der Waals surface area contributed by atoms with Gasteiger partial charge in [0, 0.05) is 18.2 Å². The highest BCUT2D eigenvalue weighted by Gasteiger charge is 2.15. The lowest BCUT2D eigenvalue weighted by Crippen LogP contribution is -2.33. The van der Waals surface area contributed by atoms with Crippen molar-refractivity contribution in [3.8, 4) is 5.75 Å². The smallest absolute Gasteiger partial charge is 0.407 e. The van der Waals surface area contributed by atoms with E-state index in [1.807, 2.05) is 20.8 Å². The van der Waals surface area contributed by atoms with Crippen molar-refractivity contribution in [2.45, 2.75) is 45.6 Å². The first kappa shape index (κ1) is 21.3. The molecule has 2 aromatic rings. The van der Waals surface area contributed by atoms with Gasteiger partial charge < -0.3 is 24.9 Å². The summed E-state index contributed by atoms with van der Waals surface area (Å²) in [6.45, 7) is 6.39. The largest absolute Gasteiger partial charge is 0.494 e. The van der Waals surface area contributed by atoms with Gasteiger partial charge in [-0.05, 0) is 57.2 Å². The van der Waals surface area contributed by atoms with Crippen LogP contribution in [0.4, 0.5) is 4.79 Å². The van der Waals surface area contributed by atoms with E-state index < -0.39 is 23.2 Å². The number of carboxylic acids is 1. The topological polar surface area (TPSA) is 118 Å². The Hall–Kier alpha value is -3.03. The zero-order valence-corrected chi connectivity index (χ0v) is 16.3. The minimum atomic E-state index is -1.05. The third-order valence-corrected chi connectivity index (χ3v) is 3.74. The van der Waals surface area contributed by atoms with Crippen LogP contribution in [0.25, 0.3) is 10.9 Å². The van der Waals surface area contributed by atoms with Gasteiger partial charge in [-0.2, -0.15) is 0 Å². The number of rotatable bonds is 8. The number of amides is 1. The van der Waals surface area contributed by atoms with Crippen LogP contribution >= 0.6 is 0 Å². The average molecular weight is 390 g/mol. The van der Waals surface area contributed by atoms with Crippen molar-refractivity contribution >= 4 is 23.0 Å². The molecule has 0 aliphatic carbocycles. The fraction of sp³-hybridized carbons (Fsp3) is 0.450. The molecule has 0 atom stereocenters. The minimum Gasteiger partial charge on any atom is -0.494 e. The molecule has 0 fully saturated rings. The minimum absolute atomic E-state index is 0.214. The van der Waals surface area contributed by atoms with E-state index in [9.17, 15) is 14.4 Å². The number of aromatic amines is 1. The van der Waals surface area contributed by atoms with Gasteiger partial charge in [0.1, 0.15) is 11.4 Å². The second-order valence-corrected chi connectivity index (χ2v) is 7.43. The number of nitrogens with one attached hydrogen (secondary N) is 2. The van der Waals surface area contributed by atoms with Crippen LogP contribution in [0.3, 0.4) is 0 Å². The molecule has 28 heavy (non-hydrogen) atoms. The fourth-order valence-corrected chi connectivity index (χ4v) is 2.53. The molecule has 8 heteroatoms. The van der Waals surface area contributed by atoms with Crippen LogP contribution in [0.1, 0.15) is 39.2 Å². The number of fused-ring (bicyclic) bond motifs is 1. The number of aliphatic carboxylic acids is 1. The highest BCUT2D eigenvalue weighted by Crippen LogP contribution is 2.19. The van der Waals surface area contributed by atoms with Gasteiger partial charge in [0.2, 0.25) is 0 Å². The maximum absolute atomic E-state index is 11.9. The lowest BCUT2D eigenvalue weighted by Gasteiger charge is -2.19. The maximum Gasteiger partial charge on any atom is 0.407 e. The second-order valence-electron chi connectivity index (χ2n) is 7.43. The number of pyridine rings is 1. The third-order valence-electron chi connectivity index (χ3n) is 3.74. The van der Waals surface area contributed by atoms with Crippen LogP contribution in [0.15, 0.2) is 29.1 Å². The molecule has 0 aliphatic rings. The molecule has 1 amide bonds. The molecule has 0 radical (unpaired) electrons. The molecule has 1 aromatic carbocycles. The molecule has 1 heterocycles. The first-order chi connectivity index (χ1) is 13.1. The number of alkyl carbamates (subject to hydrolysis) is 1. The van der Waals surface area contributed by atoms with E-state index in [0.717, 1.165) is 18.2 Å². The number of hydrogen-bond donors (Lipinski definition) is 3. The van der Waals surface area contributed by atoms with E-state index >= 15 is 0 Å². The Bertz CT molecular complexity index is 898. The molecule has 0 bridgehead atoms. The zero-order valence-electron chi connectivity index (χ0n) is 16.3. The summed E-state index contributed by atoms with van der Waals surface area (Å²) in [5.41, 5.74) is -0.131. The quantitative estimate of drug-likeness (QED) is 0.597. The molecule has 152 valence electrons. The summed E-state index contributed by atoms with van der Waals surface area (Å²) >= 11 is 0. The summed E-state index contributed by atoms with van der Waals surface area (Å²) in [7, 11) is 0. The highest BCUT2D eigenvalue weighted by atomic mass is 16.6. The van der Waals surface area contributed by atoms with Crippen LogP contribution in [-0.2, 0) is 16.0 Å². The van der Waals surface area contributed by atoms with Gasteiger partial charge in [-0.3, -0.25) is 9.59 Å². The van der Waals surface area contributed by atoms with Crippen LogP contribution in [-0.4, -0.2) is 40.9 Å². The summed E-state index contributed by atoms with van der Waals surface area (Å²) < 4.78 is 10.8. The summed E-state index contributed by atoms with van der Waals surface area (Å²) in [5.74, 6) is -0.444. The highest BCUT2D eigenvalue weighted by molar-refractivity contribution is 5.81. The van der Waals surface area contributed by atoms with Gasteiger partial charge in [0.15, 0.2) is 0 Å². The van der Waals surface area contributed by atoms with E-state index in [-0.39, 0.29) is 12.0 Å². The Kier molecular flexibility index (Phi) is 7.03. The molecular weight excluding hydrogens is 364 g/mol. The molecule has 2 rings (SSSR count). The van der Waals surface area contributed by atoms with Gasteiger partial charge in [-0.25, -0.2) is 4.79 Å². The molecule has 8 nitrogen and oxygen atoms in total. The number of ether oxygens (including phenoxy) is 2. The van der Waals surface area contributed by atoms with Gasteiger partial charge >= 0.3 is 12.1 Å². The standard InChI is InChI=1S/C20H26N2O6/c1-20(2,3)28-19(26)21-8-4-5-9-27-15-7-6-13-10-14(11-17(23)24)18(25)22-16(13)12-15/h6-7,10,12H,4-5,8-9,11H2,1-3H3,(H,21,26)(H,22,25)(H,23,24). The number of hydrogen-bond acceptors (Lipinski definition) is 5. The Balaban J connectivity index is 1.81. The van der Waals surface area contributed by atoms with Crippen molar-refractivity contribution in [2.75, 3.05) is 13.2 Å². The molecule has 3 N–H and O–H groups in total. The van der Waals surface area contributed by atoms with E-state index in [4.69, 9.17) is 14.6 Å². The Morgan fingerprint density at radius 2 is 1.93 bits per heavy atom. The fourth-order valence-electron chi connectivity index (χ4n) is 2.53. The van der Waals surface area contributed by atoms with Crippen molar-refractivity contribution in [2.24, 2.45) is 0 Å². The monoisotopic (exact) mass is 390 g/mol. The molecule has 0 saturated carbocycles. The van der Waals surface area contributed by atoms with Gasteiger partial charge in [-0.1, -0.05) is 0 Å². The van der Waals surface area contributed by atoms with E-state index in [1.165, 1.54) is 0 Å². The SMILES string of the molecule is CC(C)(C)OC(=O)NCCCCOc1ccc2cc(CC(=O)O)c(=O)[nH]c2c1. The molecule has 0 spiro atoms. The Labute approximate surface area is 162 Å². The molecule has 0 aliphatic heterocycles. The summed E-state index contributed by atoms with van der Waals surface area (Å²) in [6, 6.07) is 6.83. The predicted molar refractivity (Wildman–Crippen MR) is 105 cm³/mol. The van der Waals surface area contributed by atoms with Crippen LogP contribution < -0.4 is 15.6 Å². The number of carboxylic acid groups (broad SMARTS) is 1. The van der Waals surface area contributed by atoms with Crippen LogP contribution in [0.2, 0.25) is 0 Å².